The van der Waals surface area contributed by atoms with Gasteiger partial charge in [-0.05, 0) is 49.4 Å². The zero-order valence-electron chi connectivity index (χ0n) is 21.3. The van der Waals surface area contributed by atoms with Crippen LogP contribution in [-0.4, -0.2) is 45.8 Å². The van der Waals surface area contributed by atoms with Crippen molar-refractivity contribution in [3.05, 3.63) is 82.2 Å². The summed E-state index contributed by atoms with van der Waals surface area (Å²) in [6.07, 6.45) is 1.05. The van der Waals surface area contributed by atoms with E-state index in [9.17, 15) is 9.59 Å². The maximum absolute atomic E-state index is 13.7. The van der Waals surface area contributed by atoms with Crippen LogP contribution in [-0.2, 0) is 19.1 Å². The number of esters is 1. The van der Waals surface area contributed by atoms with Gasteiger partial charge in [0.05, 0.1) is 26.4 Å². The van der Waals surface area contributed by atoms with E-state index in [0.29, 0.717) is 54.4 Å². The van der Waals surface area contributed by atoms with Crippen molar-refractivity contribution in [2.75, 3.05) is 34.0 Å². The molecule has 0 radical (unpaired) electrons. The number of ketones is 1. The van der Waals surface area contributed by atoms with Crippen molar-refractivity contribution in [3.63, 3.8) is 0 Å². The minimum atomic E-state index is -0.579. The lowest BCUT2D eigenvalue weighted by molar-refractivity contribution is -0.140. The average molecular weight is 492 g/mol. The molecule has 1 N–H and O–H groups in total. The Morgan fingerprint density at radius 2 is 1.72 bits per heavy atom. The standard InChI is InChI=1S/C29H33NO6/c1-5-35-13-14-36-29(32)26-18(2)30-22-15-21(19-9-7-6-8-10-19)16-23(31)28(22)27(26)20-11-12-24(33-3)25(17-20)34-4/h6-12,17,21,27,30H,5,13-16H2,1-4H3/t21-,27-/m1/s1. The molecule has 0 saturated carbocycles. The van der Waals surface area contributed by atoms with Crippen molar-refractivity contribution < 1.29 is 28.5 Å². The van der Waals surface area contributed by atoms with E-state index >= 15 is 0 Å². The smallest absolute Gasteiger partial charge is 0.336 e. The van der Waals surface area contributed by atoms with Gasteiger partial charge in [-0.2, -0.15) is 0 Å². The van der Waals surface area contributed by atoms with Crippen LogP contribution in [0.2, 0.25) is 0 Å². The summed E-state index contributed by atoms with van der Waals surface area (Å²) in [7, 11) is 3.14. The lowest BCUT2D eigenvalue weighted by Gasteiger charge is -2.36. The van der Waals surface area contributed by atoms with Crippen LogP contribution in [0.25, 0.3) is 0 Å². The number of nitrogens with one attached hydrogen (secondary N) is 1. The van der Waals surface area contributed by atoms with Crippen LogP contribution >= 0.6 is 0 Å². The fourth-order valence-electron chi connectivity index (χ4n) is 5.05. The molecule has 2 aliphatic rings. The molecule has 0 unspecified atom stereocenters. The van der Waals surface area contributed by atoms with Crippen LogP contribution in [0.1, 0.15) is 49.7 Å². The number of dihydropyridines is 1. The van der Waals surface area contributed by atoms with Gasteiger partial charge in [0, 0.05) is 35.9 Å². The number of benzene rings is 2. The van der Waals surface area contributed by atoms with E-state index in [1.807, 2.05) is 44.2 Å². The Hall–Kier alpha value is -3.58. The Kier molecular flexibility index (Phi) is 8.10. The number of hydrogen-bond acceptors (Lipinski definition) is 7. The topological polar surface area (TPSA) is 83.1 Å². The summed E-state index contributed by atoms with van der Waals surface area (Å²) in [4.78, 5) is 27.0. The molecule has 2 aromatic carbocycles. The molecule has 36 heavy (non-hydrogen) atoms. The zero-order valence-corrected chi connectivity index (χ0v) is 21.3. The van der Waals surface area contributed by atoms with Gasteiger partial charge in [0.15, 0.2) is 17.3 Å². The molecule has 2 aromatic rings. The van der Waals surface area contributed by atoms with Gasteiger partial charge >= 0.3 is 5.97 Å². The first-order chi connectivity index (χ1) is 17.5. The number of rotatable bonds is 9. The Morgan fingerprint density at radius 3 is 2.42 bits per heavy atom. The van der Waals surface area contributed by atoms with Crippen molar-refractivity contribution in [1.29, 1.82) is 0 Å². The number of hydrogen-bond donors (Lipinski definition) is 1. The van der Waals surface area contributed by atoms with Crippen molar-refractivity contribution >= 4 is 11.8 Å². The minimum Gasteiger partial charge on any atom is -0.493 e. The van der Waals surface area contributed by atoms with Crippen LogP contribution < -0.4 is 14.8 Å². The molecule has 7 heteroatoms. The Morgan fingerprint density at radius 1 is 0.972 bits per heavy atom. The van der Waals surface area contributed by atoms with E-state index in [4.69, 9.17) is 18.9 Å². The van der Waals surface area contributed by atoms with Crippen LogP contribution in [0.15, 0.2) is 71.1 Å². The molecular formula is C29H33NO6. The first kappa shape index (κ1) is 25.5. The van der Waals surface area contributed by atoms with Crippen LogP contribution in [0.3, 0.4) is 0 Å². The van der Waals surface area contributed by atoms with E-state index in [1.54, 1.807) is 20.3 Å². The van der Waals surface area contributed by atoms with Crippen LogP contribution in [0.5, 0.6) is 11.5 Å². The summed E-state index contributed by atoms with van der Waals surface area (Å²) < 4.78 is 21.8. The van der Waals surface area contributed by atoms with Crippen LogP contribution in [0.4, 0.5) is 0 Å². The maximum Gasteiger partial charge on any atom is 0.336 e. The summed E-state index contributed by atoms with van der Waals surface area (Å²) in [5, 5.41) is 3.38. The predicted octanol–water partition coefficient (Wildman–Crippen LogP) is 4.65. The molecule has 190 valence electrons. The van der Waals surface area contributed by atoms with E-state index in [-0.39, 0.29) is 18.3 Å². The first-order valence-corrected chi connectivity index (χ1v) is 12.2. The number of carbonyl (C=O) groups excluding carboxylic acids is 2. The third-order valence-electron chi connectivity index (χ3n) is 6.72. The zero-order chi connectivity index (χ0) is 25.7. The van der Waals surface area contributed by atoms with Gasteiger partial charge in [-0.25, -0.2) is 4.79 Å². The van der Waals surface area contributed by atoms with Crippen molar-refractivity contribution in [3.8, 4) is 11.5 Å². The van der Waals surface area contributed by atoms with Crippen molar-refractivity contribution in [1.82, 2.24) is 5.32 Å². The summed E-state index contributed by atoms with van der Waals surface area (Å²) in [6, 6.07) is 15.6. The van der Waals surface area contributed by atoms with E-state index in [1.165, 1.54) is 0 Å². The van der Waals surface area contributed by atoms with Gasteiger partial charge in [-0.3, -0.25) is 4.79 Å². The summed E-state index contributed by atoms with van der Waals surface area (Å²) in [5.74, 6) is 0.148. The highest BCUT2D eigenvalue weighted by atomic mass is 16.6. The molecule has 2 atom stereocenters. The summed E-state index contributed by atoms with van der Waals surface area (Å²) >= 11 is 0. The van der Waals surface area contributed by atoms with Gasteiger partial charge in [0.2, 0.25) is 0 Å². The van der Waals surface area contributed by atoms with E-state index in [0.717, 1.165) is 16.8 Å². The normalized spacial score (nSPS) is 19.5. The second-order valence-electron chi connectivity index (χ2n) is 8.88. The Labute approximate surface area is 212 Å². The average Bonchev–Trinajstić information content (AvgIpc) is 2.90. The van der Waals surface area contributed by atoms with Gasteiger partial charge in [-0.1, -0.05) is 36.4 Å². The highest BCUT2D eigenvalue weighted by Gasteiger charge is 2.41. The molecule has 0 fully saturated rings. The molecule has 0 amide bonds. The van der Waals surface area contributed by atoms with Crippen LogP contribution in [0, 0.1) is 0 Å². The maximum atomic E-state index is 13.7. The second-order valence-corrected chi connectivity index (χ2v) is 8.88. The van der Waals surface area contributed by atoms with E-state index in [2.05, 4.69) is 17.4 Å². The lowest BCUT2D eigenvalue weighted by Crippen LogP contribution is -2.36. The van der Waals surface area contributed by atoms with Crippen molar-refractivity contribution in [2.45, 2.75) is 38.5 Å². The molecule has 7 nitrogen and oxygen atoms in total. The molecule has 0 spiro atoms. The van der Waals surface area contributed by atoms with Gasteiger partial charge < -0.3 is 24.3 Å². The third-order valence-corrected chi connectivity index (χ3v) is 6.72. The quantitative estimate of drug-likeness (QED) is 0.404. The summed E-state index contributed by atoms with van der Waals surface area (Å²) in [6.45, 7) is 4.74. The largest absolute Gasteiger partial charge is 0.493 e. The molecular weight excluding hydrogens is 458 g/mol. The summed E-state index contributed by atoms with van der Waals surface area (Å²) in [5.41, 5.74) is 4.45. The number of allylic oxidation sites excluding steroid dienone is 3. The monoisotopic (exact) mass is 491 g/mol. The van der Waals surface area contributed by atoms with Gasteiger partial charge in [-0.15, -0.1) is 0 Å². The molecule has 1 aliphatic heterocycles. The molecule has 0 aromatic heterocycles. The Balaban J connectivity index is 1.76. The lowest BCUT2D eigenvalue weighted by atomic mass is 9.71. The molecule has 1 aliphatic carbocycles. The number of carbonyl (C=O) groups is 2. The third kappa shape index (κ3) is 5.16. The highest BCUT2D eigenvalue weighted by molar-refractivity contribution is 6.04. The van der Waals surface area contributed by atoms with Gasteiger partial charge in [0.25, 0.3) is 0 Å². The Bertz CT molecular complexity index is 1180. The predicted molar refractivity (Wildman–Crippen MR) is 136 cm³/mol. The molecule has 0 bridgehead atoms. The number of Topliss-reactive ketones (excluding diaryl/α,β-unsaturated/α-hetero) is 1. The van der Waals surface area contributed by atoms with E-state index < -0.39 is 11.9 Å². The second kappa shape index (κ2) is 11.4. The fraction of sp³-hybridized carbons (Fsp3) is 0.379. The fourth-order valence-corrected chi connectivity index (χ4v) is 5.05. The SMILES string of the molecule is CCOCCOC(=O)C1=C(C)NC2=C(C(=O)C[C@H](c3ccccc3)C2)[C@@H]1c1ccc(OC)c(OC)c1. The highest BCUT2D eigenvalue weighted by Crippen LogP contribution is 2.47. The number of ether oxygens (including phenoxy) is 4. The molecule has 4 rings (SSSR count). The van der Waals surface area contributed by atoms with Gasteiger partial charge in [0.1, 0.15) is 6.61 Å². The molecule has 1 heterocycles. The first-order valence-electron chi connectivity index (χ1n) is 12.2. The number of methoxy groups -OCH3 is 2. The molecule has 0 saturated heterocycles. The van der Waals surface area contributed by atoms with Crippen molar-refractivity contribution in [2.24, 2.45) is 0 Å². The minimum absolute atomic E-state index is 0.0181.